The summed E-state index contributed by atoms with van der Waals surface area (Å²) in [6.45, 7) is -2.87. The molecule has 0 unspecified atom stereocenters. The number of hydrogen-bond acceptors (Lipinski definition) is 3. The van der Waals surface area contributed by atoms with Gasteiger partial charge in [-0.3, -0.25) is 4.79 Å². The topological polar surface area (TPSA) is 61.6 Å². The number of carbonyl (C=O) groups is 1. The highest BCUT2D eigenvalue weighted by molar-refractivity contribution is 5.93. The van der Waals surface area contributed by atoms with Gasteiger partial charge >= 0.3 is 6.61 Å². The number of carbonyl (C=O) groups excluding carboxylic acids is 1. The van der Waals surface area contributed by atoms with Crippen molar-refractivity contribution in [2.24, 2.45) is 5.73 Å². The molecule has 2 rings (SSSR count). The molecule has 0 aromatic heterocycles. The molecule has 0 spiro atoms. The van der Waals surface area contributed by atoms with E-state index in [1.807, 2.05) is 0 Å². The van der Waals surface area contributed by atoms with Gasteiger partial charge in [0.05, 0.1) is 0 Å². The summed E-state index contributed by atoms with van der Waals surface area (Å²) < 4.78 is 34.5. The van der Waals surface area contributed by atoms with Crippen molar-refractivity contribution in [1.82, 2.24) is 0 Å². The summed E-state index contributed by atoms with van der Waals surface area (Å²) in [6.07, 6.45) is 0. The van der Waals surface area contributed by atoms with Gasteiger partial charge < -0.3 is 15.2 Å². The second-order valence-electron chi connectivity index (χ2n) is 4.17. The molecule has 4 nitrogen and oxygen atoms in total. The zero-order chi connectivity index (χ0) is 15.2. The van der Waals surface area contributed by atoms with E-state index in [1.165, 1.54) is 12.1 Å². The molecule has 0 bridgehead atoms. The van der Waals surface area contributed by atoms with Crippen molar-refractivity contribution >= 4 is 5.91 Å². The van der Waals surface area contributed by atoms with Crippen LogP contribution in [0.1, 0.15) is 15.9 Å². The van der Waals surface area contributed by atoms with E-state index < -0.39 is 12.5 Å². The highest BCUT2D eigenvalue weighted by atomic mass is 19.3. The quantitative estimate of drug-likeness (QED) is 0.890. The van der Waals surface area contributed by atoms with Gasteiger partial charge in [-0.25, -0.2) is 0 Å². The number of halogens is 2. The van der Waals surface area contributed by atoms with Gasteiger partial charge in [-0.1, -0.05) is 24.3 Å². The number of nitrogens with two attached hydrogens (primary N) is 1. The monoisotopic (exact) mass is 293 g/mol. The Morgan fingerprint density at radius 1 is 1.14 bits per heavy atom. The highest BCUT2D eigenvalue weighted by Gasteiger charge is 2.10. The van der Waals surface area contributed by atoms with E-state index in [0.29, 0.717) is 16.9 Å². The lowest BCUT2D eigenvalue weighted by molar-refractivity contribution is -0.0508. The van der Waals surface area contributed by atoms with Crippen molar-refractivity contribution in [2.75, 3.05) is 0 Å². The summed E-state index contributed by atoms with van der Waals surface area (Å²) in [5.74, 6) is -0.0985. The van der Waals surface area contributed by atoms with E-state index in [-0.39, 0.29) is 12.4 Å². The van der Waals surface area contributed by atoms with Crippen molar-refractivity contribution in [3.63, 3.8) is 0 Å². The van der Waals surface area contributed by atoms with Crippen LogP contribution in [0.15, 0.2) is 48.5 Å². The summed E-state index contributed by atoms with van der Waals surface area (Å²) in [7, 11) is 0. The van der Waals surface area contributed by atoms with Gasteiger partial charge in [-0.2, -0.15) is 8.78 Å². The van der Waals surface area contributed by atoms with Gasteiger partial charge in [0.25, 0.3) is 0 Å². The van der Waals surface area contributed by atoms with E-state index in [2.05, 4.69) is 4.74 Å². The van der Waals surface area contributed by atoms with Crippen LogP contribution in [0.4, 0.5) is 8.78 Å². The van der Waals surface area contributed by atoms with E-state index >= 15 is 0 Å². The Balaban J connectivity index is 2.09. The molecule has 6 heteroatoms. The summed E-state index contributed by atoms with van der Waals surface area (Å²) in [6, 6.07) is 12.6. The number of primary amides is 1. The van der Waals surface area contributed by atoms with Gasteiger partial charge in [0.2, 0.25) is 5.91 Å². The van der Waals surface area contributed by atoms with E-state index in [4.69, 9.17) is 10.5 Å². The molecule has 0 aliphatic rings. The molecule has 2 aromatic rings. The first-order valence-electron chi connectivity index (χ1n) is 6.11. The summed E-state index contributed by atoms with van der Waals surface area (Å²) in [5, 5.41) is 0. The fourth-order valence-electron chi connectivity index (χ4n) is 1.73. The van der Waals surface area contributed by atoms with Gasteiger partial charge in [0.15, 0.2) is 0 Å². The van der Waals surface area contributed by atoms with Crippen molar-refractivity contribution in [2.45, 2.75) is 13.2 Å². The molecule has 21 heavy (non-hydrogen) atoms. The zero-order valence-corrected chi connectivity index (χ0v) is 11.0. The minimum Gasteiger partial charge on any atom is -0.489 e. The largest absolute Gasteiger partial charge is 0.489 e. The molecule has 0 aliphatic carbocycles. The Hall–Kier alpha value is -2.63. The molecule has 0 aliphatic heterocycles. The van der Waals surface area contributed by atoms with Crippen LogP contribution in [0.2, 0.25) is 0 Å². The van der Waals surface area contributed by atoms with Crippen LogP contribution in [-0.4, -0.2) is 12.5 Å². The predicted octanol–water partition coefficient (Wildman–Crippen LogP) is 2.97. The normalized spacial score (nSPS) is 10.4. The number of rotatable bonds is 6. The fourth-order valence-corrected chi connectivity index (χ4v) is 1.73. The Morgan fingerprint density at radius 3 is 2.62 bits per heavy atom. The number of para-hydroxylation sites is 1. The van der Waals surface area contributed by atoms with Gasteiger partial charge in [0, 0.05) is 11.1 Å². The third-order valence-corrected chi connectivity index (χ3v) is 2.70. The SMILES string of the molecule is NC(=O)c1cccc(OCc2ccccc2OC(F)F)c1. The first-order chi connectivity index (χ1) is 10.1. The lowest BCUT2D eigenvalue weighted by Crippen LogP contribution is -2.11. The highest BCUT2D eigenvalue weighted by Crippen LogP contribution is 2.22. The molecule has 0 heterocycles. The Morgan fingerprint density at radius 2 is 1.90 bits per heavy atom. The van der Waals surface area contributed by atoms with E-state index in [1.54, 1.807) is 36.4 Å². The number of alkyl halides is 2. The summed E-state index contributed by atoms with van der Waals surface area (Å²) >= 11 is 0. The molecule has 0 fully saturated rings. The minimum absolute atomic E-state index is 0.0328. The number of ether oxygens (including phenoxy) is 2. The molecule has 0 saturated heterocycles. The third kappa shape index (κ3) is 4.17. The second-order valence-corrected chi connectivity index (χ2v) is 4.17. The standard InChI is InChI=1S/C15H13F2NO3/c16-15(17)21-13-7-2-1-4-11(13)9-20-12-6-3-5-10(8-12)14(18)19/h1-8,15H,9H2,(H2,18,19). The predicted molar refractivity (Wildman–Crippen MR) is 72.4 cm³/mol. The lowest BCUT2D eigenvalue weighted by atomic mass is 10.2. The van der Waals surface area contributed by atoms with Crippen LogP contribution in [0.3, 0.4) is 0 Å². The fraction of sp³-hybridized carbons (Fsp3) is 0.133. The van der Waals surface area contributed by atoms with E-state index in [0.717, 1.165) is 0 Å². The Kier molecular flexibility index (Phi) is 4.71. The van der Waals surface area contributed by atoms with Crippen LogP contribution in [0.25, 0.3) is 0 Å². The van der Waals surface area contributed by atoms with Crippen molar-refractivity contribution in [1.29, 1.82) is 0 Å². The number of amides is 1. The maximum atomic E-state index is 12.3. The summed E-state index contributed by atoms with van der Waals surface area (Å²) in [5.41, 5.74) is 5.96. The maximum Gasteiger partial charge on any atom is 0.387 e. The molecular formula is C15H13F2NO3. The molecule has 0 radical (unpaired) electrons. The molecule has 2 aromatic carbocycles. The first-order valence-corrected chi connectivity index (χ1v) is 6.11. The zero-order valence-electron chi connectivity index (χ0n) is 11.0. The molecule has 110 valence electrons. The van der Waals surface area contributed by atoms with Crippen molar-refractivity contribution in [3.8, 4) is 11.5 Å². The smallest absolute Gasteiger partial charge is 0.387 e. The number of benzene rings is 2. The Labute approximate surface area is 120 Å². The van der Waals surface area contributed by atoms with Crippen LogP contribution in [0, 0.1) is 0 Å². The lowest BCUT2D eigenvalue weighted by Gasteiger charge is -2.12. The summed E-state index contributed by atoms with van der Waals surface area (Å²) in [4.78, 5) is 11.1. The van der Waals surface area contributed by atoms with Gasteiger partial charge in [0.1, 0.15) is 18.1 Å². The van der Waals surface area contributed by atoms with Crippen LogP contribution in [-0.2, 0) is 6.61 Å². The Bertz CT molecular complexity index is 632. The maximum absolute atomic E-state index is 12.3. The average molecular weight is 293 g/mol. The van der Waals surface area contributed by atoms with Crippen molar-refractivity contribution < 1.29 is 23.0 Å². The van der Waals surface area contributed by atoms with Crippen LogP contribution in [0.5, 0.6) is 11.5 Å². The van der Waals surface area contributed by atoms with Crippen molar-refractivity contribution in [3.05, 3.63) is 59.7 Å². The molecular weight excluding hydrogens is 280 g/mol. The molecule has 0 saturated carbocycles. The molecule has 2 N–H and O–H groups in total. The number of hydrogen-bond donors (Lipinski definition) is 1. The van der Waals surface area contributed by atoms with E-state index in [9.17, 15) is 13.6 Å². The van der Waals surface area contributed by atoms with Gasteiger partial charge in [-0.15, -0.1) is 0 Å². The van der Waals surface area contributed by atoms with Crippen LogP contribution >= 0.6 is 0 Å². The van der Waals surface area contributed by atoms with Gasteiger partial charge in [-0.05, 0) is 24.3 Å². The minimum atomic E-state index is -2.90. The third-order valence-electron chi connectivity index (χ3n) is 2.70. The first kappa shape index (κ1) is 14.8. The average Bonchev–Trinajstić information content (AvgIpc) is 2.46. The second kappa shape index (κ2) is 6.69. The molecule has 0 atom stereocenters. The molecule has 1 amide bonds. The van der Waals surface area contributed by atoms with Crippen LogP contribution < -0.4 is 15.2 Å².